The number of ether oxygens (including phenoxy) is 1. The lowest BCUT2D eigenvalue weighted by Gasteiger charge is -2.25. The second kappa shape index (κ2) is 14.4. The zero-order valence-corrected chi connectivity index (χ0v) is 27.7. The lowest BCUT2D eigenvalue weighted by molar-refractivity contribution is -0.132. The molecular formula is C38H46N6O4. The molecule has 0 radical (unpaired) electrons. The molecule has 0 saturated carbocycles. The van der Waals surface area contributed by atoms with E-state index in [4.69, 9.17) is 4.74 Å². The van der Waals surface area contributed by atoms with Gasteiger partial charge in [-0.05, 0) is 103 Å². The second-order valence-corrected chi connectivity index (χ2v) is 13.4. The van der Waals surface area contributed by atoms with E-state index in [2.05, 4.69) is 81.9 Å². The zero-order chi connectivity index (χ0) is 33.0. The molecule has 0 aliphatic carbocycles. The number of likely N-dealkylation sites (N-methyl/N-ethyl adjacent to an activating group) is 1. The fourth-order valence-corrected chi connectivity index (χ4v) is 8.14. The van der Waals surface area contributed by atoms with Crippen LogP contribution in [-0.2, 0) is 19.1 Å². The highest BCUT2D eigenvalue weighted by atomic mass is 16.5. The van der Waals surface area contributed by atoms with E-state index in [9.17, 15) is 14.4 Å². The number of carbonyl (C=O) groups excluding carboxylic acids is 3. The van der Waals surface area contributed by atoms with Crippen LogP contribution >= 0.6 is 0 Å². The summed E-state index contributed by atoms with van der Waals surface area (Å²) in [6.45, 7) is 3.44. The molecule has 252 valence electrons. The van der Waals surface area contributed by atoms with Gasteiger partial charge in [-0.3, -0.25) is 14.4 Å². The third-order valence-electron chi connectivity index (χ3n) is 10.5. The Balaban J connectivity index is 1.03. The van der Waals surface area contributed by atoms with Gasteiger partial charge in [-0.25, -0.2) is 0 Å². The van der Waals surface area contributed by atoms with Crippen LogP contribution in [0.15, 0.2) is 60.7 Å². The van der Waals surface area contributed by atoms with E-state index in [0.29, 0.717) is 19.5 Å². The van der Waals surface area contributed by atoms with Gasteiger partial charge in [-0.1, -0.05) is 36.4 Å². The summed E-state index contributed by atoms with van der Waals surface area (Å²) in [6.07, 6.45) is 6.93. The number of benzene rings is 3. The maximum Gasteiger partial charge on any atom is 0.242 e. The van der Waals surface area contributed by atoms with Crippen LogP contribution in [0.3, 0.4) is 0 Å². The smallest absolute Gasteiger partial charge is 0.242 e. The summed E-state index contributed by atoms with van der Waals surface area (Å²) in [4.78, 5) is 39.4. The predicted molar refractivity (Wildman–Crippen MR) is 188 cm³/mol. The topological polar surface area (TPSA) is 115 Å². The van der Waals surface area contributed by atoms with Gasteiger partial charge in [0.1, 0.15) is 0 Å². The number of hydrogen-bond acceptors (Lipinski definition) is 7. The van der Waals surface area contributed by atoms with Crippen molar-refractivity contribution >= 4 is 29.6 Å². The Bertz CT molecular complexity index is 1630. The van der Waals surface area contributed by atoms with Crippen LogP contribution in [0.1, 0.15) is 61.9 Å². The summed E-state index contributed by atoms with van der Waals surface area (Å²) in [6, 6.07) is 22.1. The number of likely N-dealkylation sites (tertiary alicyclic amines) is 2. The summed E-state index contributed by atoms with van der Waals surface area (Å²) in [7, 11) is 1.82. The molecule has 4 aliphatic rings. The van der Waals surface area contributed by atoms with Crippen molar-refractivity contribution in [2.24, 2.45) is 0 Å². The molecule has 10 heteroatoms. The molecule has 4 N–H and O–H groups in total. The van der Waals surface area contributed by atoms with Crippen LogP contribution in [-0.4, -0.2) is 86.4 Å². The first-order valence-corrected chi connectivity index (χ1v) is 17.5. The summed E-state index contributed by atoms with van der Waals surface area (Å²) in [5.74, 6) is 0.138. The minimum absolute atomic E-state index is 0.0337. The quantitative estimate of drug-likeness (QED) is 0.198. The van der Waals surface area contributed by atoms with Crippen LogP contribution in [0.25, 0.3) is 22.3 Å². The molecule has 4 aliphatic heterocycles. The summed E-state index contributed by atoms with van der Waals surface area (Å²) in [5.41, 5.74) is 9.56. The van der Waals surface area contributed by atoms with Crippen LogP contribution in [0.4, 0.5) is 11.4 Å². The van der Waals surface area contributed by atoms with Crippen LogP contribution < -0.4 is 21.3 Å². The lowest BCUT2D eigenvalue weighted by atomic mass is 9.81. The fraction of sp³-hybridized carbons (Fsp3) is 0.447. The van der Waals surface area contributed by atoms with Gasteiger partial charge >= 0.3 is 0 Å². The Morgan fingerprint density at radius 3 is 1.65 bits per heavy atom. The first kappa shape index (κ1) is 32.2. The van der Waals surface area contributed by atoms with E-state index in [1.807, 2.05) is 16.8 Å². The molecule has 7 rings (SSSR count). The maximum absolute atomic E-state index is 12.5. The monoisotopic (exact) mass is 650 g/mol. The van der Waals surface area contributed by atoms with Crippen molar-refractivity contribution in [3.05, 3.63) is 71.8 Å². The third-order valence-corrected chi connectivity index (χ3v) is 10.5. The minimum Gasteiger partial charge on any atom is -0.383 e. The van der Waals surface area contributed by atoms with E-state index in [1.165, 1.54) is 33.4 Å². The van der Waals surface area contributed by atoms with Gasteiger partial charge < -0.3 is 35.8 Å². The van der Waals surface area contributed by atoms with Gasteiger partial charge in [0, 0.05) is 49.6 Å². The number of hydrogen-bond donors (Lipinski definition) is 4. The third kappa shape index (κ3) is 6.51. The Kier molecular flexibility index (Phi) is 9.63. The molecule has 3 amide bonds. The molecule has 48 heavy (non-hydrogen) atoms. The van der Waals surface area contributed by atoms with E-state index >= 15 is 0 Å². The number of anilines is 2. The molecule has 3 aromatic carbocycles. The van der Waals surface area contributed by atoms with E-state index < -0.39 is 0 Å². The molecule has 2 unspecified atom stereocenters. The molecule has 3 aromatic rings. The van der Waals surface area contributed by atoms with Crippen molar-refractivity contribution in [1.82, 2.24) is 20.4 Å². The number of fused-ring (bicyclic) bond motifs is 5. The molecule has 4 atom stereocenters. The normalized spacial score (nSPS) is 22.5. The highest BCUT2D eigenvalue weighted by molar-refractivity contribution is 5.82. The average Bonchev–Trinajstić information content (AvgIpc) is 3.94. The Hall–Kier alpha value is -4.41. The Labute approximate surface area is 282 Å². The highest BCUT2D eigenvalue weighted by Crippen LogP contribution is 2.56. The van der Waals surface area contributed by atoms with Gasteiger partial charge in [0.15, 0.2) is 0 Å². The van der Waals surface area contributed by atoms with Crippen LogP contribution in [0.5, 0.6) is 0 Å². The van der Waals surface area contributed by atoms with Gasteiger partial charge in [0.2, 0.25) is 18.2 Å². The van der Waals surface area contributed by atoms with Gasteiger partial charge in [-0.2, -0.15) is 0 Å². The minimum atomic E-state index is -0.0337. The second-order valence-electron chi connectivity index (χ2n) is 13.4. The molecule has 3 fully saturated rings. The first-order chi connectivity index (χ1) is 23.5. The highest BCUT2D eigenvalue weighted by Gasteiger charge is 2.41. The van der Waals surface area contributed by atoms with Gasteiger partial charge in [0.05, 0.1) is 25.3 Å². The SMILES string of the molecule is CNCC(=O)N1CCC[C@H]1CNc1ccc(-c2ccc(-c3ccc(NC[C@@H]4CCCN4C(=O)CNC=O)cc3)c3c2C2CCC3O2)cc1. The van der Waals surface area contributed by atoms with Crippen LogP contribution in [0.2, 0.25) is 0 Å². The molecule has 0 aromatic heterocycles. The number of nitrogens with zero attached hydrogens (tertiary/aromatic N) is 2. The zero-order valence-electron chi connectivity index (χ0n) is 27.7. The first-order valence-electron chi connectivity index (χ1n) is 17.5. The number of nitrogens with one attached hydrogen (secondary N) is 4. The summed E-state index contributed by atoms with van der Waals surface area (Å²) >= 11 is 0. The predicted octanol–water partition coefficient (Wildman–Crippen LogP) is 4.70. The molecule has 3 saturated heterocycles. The van der Waals surface area contributed by atoms with Crippen molar-refractivity contribution in [3.8, 4) is 22.3 Å². The summed E-state index contributed by atoms with van der Waals surface area (Å²) < 4.78 is 6.49. The van der Waals surface area contributed by atoms with Crippen molar-refractivity contribution in [2.75, 3.05) is 56.9 Å². The molecule has 2 bridgehead atoms. The van der Waals surface area contributed by atoms with E-state index in [-0.39, 0.29) is 42.7 Å². The van der Waals surface area contributed by atoms with Crippen molar-refractivity contribution < 1.29 is 19.1 Å². The lowest BCUT2D eigenvalue weighted by Crippen LogP contribution is -2.43. The standard InChI is InChI=1S/C38H46N6O4/c1-39-22-35(46)43-18-2-4-29(43)20-41-27-10-6-25(7-11-27)31-14-15-32(38-34-17-16-33(48-34)37(31)38)26-8-12-28(13-9-26)42-21-30-5-3-19-44(30)36(47)23-40-24-45/h6-15,24,29-30,33-34,39,41-42H,2-5,16-23H2,1H3,(H,40,45)/t29-,30-,33?,34?/m0/s1. The molecular weight excluding hydrogens is 604 g/mol. The summed E-state index contributed by atoms with van der Waals surface area (Å²) in [5, 5.41) is 12.6. The maximum atomic E-state index is 12.5. The average molecular weight is 651 g/mol. The van der Waals surface area contributed by atoms with Gasteiger partial charge in [0.25, 0.3) is 0 Å². The number of carbonyl (C=O) groups is 3. The van der Waals surface area contributed by atoms with Gasteiger partial charge in [-0.15, -0.1) is 0 Å². The van der Waals surface area contributed by atoms with Crippen molar-refractivity contribution in [3.63, 3.8) is 0 Å². The largest absolute Gasteiger partial charge is 0.383 e. The van der Waals surface area contributed by atoms with E-state index in [0.717, 1.165) is 69.5 Å². The number of amides is 3. The van der Waals surface area contributed by atoms with Crippen LogP contribution in [0, 0.1) is 0 Å². The number of rotatable bonds is 13. The fourth-order valence-electron chi connectivity index (χ4n) is 8.14. The molecule has 4 heterocycles. The van der Waals surface area contributed by atoms with Crippen molar-refractivity contribution in [1.29, 1.82) is 0 Å². The Morgan fingerprint density at radius 1 is 0.708 bits per heavy atom. The van der Waals surface area contributed by atoms with Crippen molar-refractivity contribution in [2.45, 2.75) is 62.8 Å². The van der Waals surface area contributed by atoms with E-state index in [1.54, 1.807) is 0 Å². The Morgan fingerprint density at radius 2 is 1.19 bits per heavy atom. The molecule has 0 spiro atoms. The molecule has 10 nitrogen and oxygen atoms in total.